The highest BCUT2D eigenvalue weighted by Crippen LogP contribution is 2.17. The van der Waals surface area contributed by atoms with Crippen LogP contribution in [0, 0.1) is 13.8 Å². The Bertz CT molecular complexity index is 864. The zero-order valence-corrected chi connectivity index (χ0v) is 16.8. The van der Waals surface area contributed by atoms with Crippen molar-refractivity contribution in [2.45, 2.75) is 20.4 Å². The van der Waals surface area contributed by atoms with E-state index in [1.807, 2.05) is 56.3 Å². The number of nitrogens with one attached hydrogen (secondary N) is 1. The molecule has 0 aromatic heterocycles. The van der Waals surface area contributed by atoms with Gasteiger partial charge < -0.3 is 5.32 Å². The second-order valence-electron chi connectivity index (χ2n) is 6.02. The van der Waals surface area contributed by atoms with Crippen molar-refractivity contribution in [1.29, 1.82) is 0 Å². The molecule has 1 N–H and O–H groups in total. The maximum absolute atomic E-state index is 12.4. The molecular weight excluding hydrogens is 404 g/mol. The lowest BCUT2D eigenvalue weighted by Crippen LogP contribution is -2.37. The number of rotatable bonds is 6. The number of amides is 1. The predicted octanol–water partition coefficient (Wildman–Crippen LogP) is 3.47. The minimum atomic E-state index is -3.52. The fourth-order valence-corrected chi connectivity index (χ4v) is 3.30. The van der Waals surface area contributed by atoms with Crippen molar-refractivity contribution >= 4 is 37.5 Å². The fourth-order valence-electron chi connectivity index (χ4n) is 2.30. The van der Waals surface area contributed by atoms with Gasteiger partial charge in [-0.25, -0.2) is 8.42 Å². The Morgan fingerprint density at radius 1 is 1.12 bits per heavy atom. The first-order valence-electron chi connectivity index (χ1n) is 7.72. The van der Waals surface area contributed by atoms with Crippen LogP contribution in [0.25, 0.3) is 0 Å². The molecule has 0 fully saturated rings. The summed E-state index contributed by atoms with van der Waals surface area (Å²) in [6.07, 6.45) is 1.11. The van der Waals surface area contributed by atoms with Crippen molar-refractivity contribution in [1.82, 2.24) is 4.31 Å². The van der Waals surface area contributed by atoms with E-state index in [1.54, 1.807) is 0 Å². The van der Waals surface area contributed by atoms with Gasteiger partial charge in [-0.1, -0.05) is 40.2 Å². The number of sulfonamides is 1. The zero-order chi connectivity index (χ0) is 18.6. The Morgan fingerprint density at radius 3 is 2.36 bits per heavy atom. The van der Waals surface area contributed by atoms with Crippen LogP contribution < -0.4 is 5.32 Å². The minimum Gasteiger partial charge on any atom is -0.325 e. The van der Waals surface area contributed by atoms with Gasteiger partial charge in [0.2, 0.25) is 15.9 Å². The van der Waals surface area contributed by atoms with Gasteiger partial charge in [0.05, 0.1) is 12.8 Å². The van der Waals surface area contributed by atoms with Crippen molar-refractivity contribution in [2.75, 3.05) is 18.1 Å². The van der Waals surface area contributed by atoms with Gasteiger partial charge >= 0.3 is 0 Å². The molecule has 0 aliphatic carbocycles. The molecule has 0 saturated heterocycles. The molecule has 7 heteroatoms. The summed E-state index contributed by atoms with van der Waals surface area (Å²) < 4.78 is 26.2. The highest BCUT2D eigenvalue weighted by atomic mass is 79.9. The normalized spacial score (nSPS) is 11.6. The van der Waals surface area contributed by atoms with Crippen LogP contribution >= 0.6 is 15.9 Å². The number of benzene rings is 2. The molecule has 0 aliphatic heterocycles. The molecule has 0 atom stereocenters. The van der Waals surface area contributed by atoms with Crippen LogP contribution in [0.3, 0.4) is 0 Å². The van der Waals surface area contributed by atoms with Gasteiger partial charge in [0.15, 0.2) is 0 Å². The highest BCUT2D eigenvalue weighted by Gasteiger charge is 2.21. The predicted molar refractivity (Wildman–Crippen MR) is 104 cm³/mol. The van der Waals surface area contributed by atoms with E-state index in [9.17, 15) is 13.2 Å². The van der Waals surface area contributed by atoms with Gasteiger partial charge in [0.1, 0.15) is 0 Å². The molecule has 2 aromatic rings. The second kappa shape index (κ2) is 8.12. The summed E-state index contributed by atoms with van der Waals surface area (Å²) >= 11 is 3.35. The maximum Gasteiger partial charge on any atom is 0.239 e. The summed E-state index contributed by atoms with van der Waals surface area (Å²) in [6.45, 7) is 3.74. The van der Waals surface area contributed by atoms with Gasteiger partial charge in [-0.15, -0.1) is 0 Å². The van der Waals surface area contributed by atoms with Crippen molar-refractivity contribution in [3.05, 3.63) is 63.6 Å². The van der Waals surface area contributed by atoms with E-state index in [4.69, 9.17) is 0 Å². The SMILES string of the molecule is Cc1ccc(C)c(NC(=O)CN(Cc2ccc(Br)cc2)S(C)(=O)=O)c1. The van der Waals surface area contributed by atoms with E-state index in [0.29, 0.717) is 5.69 Å². The zero-order valence-electron chi connectivity index (χ0n) is 14.4. The smallest absolute Gasteiger partial charge is 0.239 e. The Kier molecular flexibility index (Phi) is 6.37. The van der Waals surface area contributed by atoms with E-state index >= 15 is 0 Å². The number of hydrogen-bond acceptors (Lipinski definition) is 3. The van der Waals surface area contributed by atoms with Gasteiger partial charge in [-0.05, 0) is 48.7 Å². The third-order valence-corrected chi connectivity index (χ3v) is 5.45. The molecule has 1 amide bonds. The van der Waals surface area contributed by atoms with E-state index in [0.717, 1.165) is 31.7 Å². The maximum atomic E-state index is 12.4. The lowest BCUT2D eigenvalue weighted by atomic mass is 10.1. The average molecular weight is 425 g/mol. The third-order valence-electron chi connectivity index (χ3n) is 3.73. The van der Waals surface area contributed by atoms with Crippen LogP contribution in [0.2, 0.25) is 0 Å². The van der Waals surface area contributed by atoms with Crippen LogP contribution in [-0.2, 0) is 21.4 Å². The molecule has 0 radical (unpaired) electrons. The molecule has 0 spiro atoms. The van der Waals surface area contributed by atoms with E-state index in [1.165, 1.54) is 0 Å². The summed E-state index contributed by atoms with van der Waals surface area (Å²) in [6, 6.07) is 13.1. The lowest BCUT2D eigenvalue weighted by Gasteiger charge is -2.20. The summed E-state index contributed by atoms with van der Waals surface area (Å²) in [4.78, 5) is 12.4. The molecule has 134 valence electrons. The number of hydrogen-bond donors (Lipinski definition) is 1. The Hall–Kier alpha value is -1.70. The molecule has 0 saturated carbocycles. The molecule has 5 nitrogen and oxygen atoms in total. The minimum absolute atomic E-state index is 0.145. The Balaban J connectivity index is 2.12. The van der Waals surface area contributed by atoms with Crippen LogP contribution in [0.5, 0.6) is 0 Å². The van der Waals surface area contributed by atoms with E-state index in [-0.39, 0.29) is 19.0 Å². The summed E-state index contributed by atoms with van der Waals surface area (Å²) in [5.74, 6) is -0.365. The highest BCUT2D eigenvalue weighted by molar-refractivity contribution is 9.10. The molecule has 0 bridgehead atoms. The van der Waals surface area contributed by atoms with Crippen LogP contribution in [0.1, 0.15) is 16.7 Å². The van der Waals surface area contributed by atoms with Gasteiger partial charge in [0.25, 0.3) is 0 Å². The molecule has 0 aliphatic rings. The van der Waals surface area contributed by atoms with Crippen molar-refractivity contribution < 1.29 is 13.2 Å². The topological polar surface area (TPSA) is 66.5 Å². The number of carbonyl (C=O) groups excluding carboxylic acids is 1. The van der Waals surface area contributed by atoms with Crippen LogP contribution in [0.4, 0.5) is 5.69 Å². The number of nitrogens with zero attached hydrogens (tertiary/aromatic N) is 1. The number of aryl methyl sites for hydroxylation is 2. The second-order valence-corrected chi connectivity index (χ2v) is 8.92. The first kappa shape index (κ1) is 19.6. The van der Waals surface area contributed by atoms with Crippen molar-refractivity contribution in [3.8, 4) is 0 Å². The molecular formula is C18H21BrN2O3S. The molecule has 25 heavy (non-hydrogen) atoms. The van der Waals surface area contributed by atoms with Gasteiger partial charge in [-0.3, -0.25) is 4.79 Å². The number of halogens is 1. The van der Waals surface area contributed by atoms with Crippen LogP contribution in [0.15, 0.2) is 46.9 Å². The van der Waals surface area contributed by atoms with Gasteiger partial charge in [-0.2, -0.15) is 4.31 Å². The number of anilines is 1. The molecule has 2 rings (SSSR count). The molecule has 2 aromatic carbocycles. The third kappa shape index (κ3) is 5.95. The van der Waals surface area contributed by atoms with Crippen molar-refractivity contribution in [2.24, 2.45) is 0 Å². The number of carbonyl (C=O) groups is 1. The van der Waals surface area contributed by atoms with Crippen molar-refractivity contribution in [3.63, 3.8) is 0 Å². The van der Waals surface area contributed by atoms with E-state index in [2.05, 4.69) is 21.2 Å². The Morgan fingerprint density at radius 2 is 1.76 bits per heavy atom. The largest absolute Gasteiger partial charge is 0.325 e. The Labute approximate surface area is 157 Å². The lowest BCUT2D eigenvalue weighted by molar-refractivity contribution is -0.116. The fraction of sp³-hybridized carbons (Fsp3) is 0.278. The first-order valence-corrected chi connectivity index (χ1v) is 10.4. The monoisotopic (exact) mass is 424 g/mol. The quantitative estimate of drug-likeness (QED) is 0.771. The molecule has 0 unspecified atom stereocenters. The van der Waals surface area contributed by atoms with E-state index < -0.39 is 10.0 Å². The summed E-state index contributed by atoms with van der Waals surface area (Å²) in [5.41, 5.74) is 3.46. The summed E-state index contributed by atoms with van der Waals surface area (Å²) in [7, 11) is -3.52. The average Bonchev–Trinajstić information content (AvgIpc) is 2.51. The van der Waals surface area contributed by atoms with Crippen LogP contribution in [-0.4, -0.2) is 31.4 Å². The summed E-state index contributed by atoms with van der Waals surface area (Å²) in [5, 5.41) is 2.80. The standard InChI is InChI=1S/C18H21BrN2O3S/c1-13-4-5-14(2)17(10-13)20-18(22)12-21(25(3,23)24)11-15-6-8-16(19)9-7-15/h4-10H,11-12H2,1-3H3,(H,20,22). The molecule has 0 heterocycles. The van der Waals surface area contributed by atoms with Gasteiger partial charge in [0, 0.05) is 16.7 Å². The first-order chi connectivity index (χ1) is 11.6.